The van der Waals surface area contributed by atoms with Crippen molar-refractivity contribution in [1.29, 1.82) is 0 Å². The smallest absolute Gasteiger partial charge is 0.00705 e. The molecule has 0 aliphatic heterocycles. The van der Waals surface area contributed by atoms with Gasteiger partial charge in [0.05, 0.1) is 0 Å². The molecular weight excluding hydrogens is 176 g/mol. The number of thiol groups is 1. The fourth-order valence-electron chi connectivity index (χ4n) is 0. The topological polar surface area (TPSA) is 0 Å². The van der Waals surface area contributed by atoms with E-state index in [1.54, 1.807) is 0 Å². The van der Waals surface area contributed by atoms with Gasteiger partial charge in [-0.3, -0.25) is 0 Å². The van der Waals surface area contributed by atoms with E-state index in [9.17, 15) is 0 Å². The summed E-state index contributed by atoms with van der Waals surface area (Å²) >= 11 is 4.25. The monoisotopic (exact) mass is 204 g/mol. The van der Waals surface area contributed by atoms with Crippen molar-refractivity contribution in [1.82, 2.24) is 0 Å². The third kappa shape index (κ3) is 129. The van der Waals surface area contributed by atoms with E-state index in [1.165, 1.54) is 0 Å². The molecule has 0 spiro atoms. The van der Waals surface area contributed by atoms with Gasteiger partial charge in [0.15, 0.2) is 0 Å². The summed E-state index contributed by atoms with van der Waals surface area (Å²) in [6.07, 6.45) is 1.14. The summed E-state index contributed by atoms with van der Waals surface area (Å²) in [6.45, 7) is 21.1. The molecule has 0 N–H and O–H groups in total. The summed E-state index contributed by atoms with van der Waals surface area (Å²) in [6, 6.07) is 0. The van der Waals surface area contributed by atoms with Crippen LogP contribution in [0.2, 0.25) is 0 Å². The van der Waals surface area contributed by atoms with Crippen molar-refractivity contribution in [3.05, 3.63) is 13.2 Å². The minimum Gasteiger partial charge on any atom is -0.173 e. The summed E-state index contributed by atoms with van der Waals surface area (Å²) in [5.41, 5.74) is 0.500. The fraction of sp³-hybridized carbons (Fsp3) is 0.833. The zero-order valence-electron chi connectivity index (χ0n) is 10.6. The van der Waals surface area contributed by atoms with Gasteiger partial charge in [-0.1, -0.05) is 48.5 Å². The molecule has 0 rings (SSSR count). The maximum Gasteiger partial charge on any atom is 0.00705 e. The van der Waals surface area contributed by atoms with Crippen LogP contribution in [-0.4, -0.2) is 4.75 Å². The van der Waals surface area contributed by atoms with Crippen molar-refractivity contribution < 1.29 is 0 Å². The van der Waals surface area contributed by atoms with Crippen LogP contribution in [0.1, 0.15) is 54.9 Å². The molecule has 0 aliphatic rings. The molecule has 0 nitrogen and oxygen atoms in total. The van der Waals surface area contributed by atoms with Crippen molar-refractivity contribution >= 4 is 12.6 Å². The molecule has 13 heavy (non-hydrogen) atoms. The van der Waals surface area contributed by atoms with Gasteiger partial charge in [-0.05, 0) is 11.8 Å². The Kier molecular flexibility index (Phi) is 12.5. The van der Waals surface area contributed by atoms with Crippen molar-refractivity contribution in [2.24, 2.45) is 5.41 Å². The van der Waals surface area contributed by atoms with Crippen LogP contribution in [-0.2, 0) is 0 Å². The Hall–Kier alpha value is 0.0900. The van der Waals surface area contributed by atoms with E-state index in [-0.39, 0.29) is 4.75 Å². The normalized spacial score (nSPS) is 10.5. The maximum absolute atomic E-state index is 4.25. The maximum atomic E-state index is 4.25. The second-order valence-electron chi connectivity index (χ2n) is 5.17. The van der Waals surface area contributed by atoms with Gasteiger partial charge >= 0.3 is 0 Å². The van der Waals surface area contributed by atoms with Gasteiger partial charge in [-0.15, -0.1) is 13.2 Å². The van der Waals surface area contributed by atoms with E-state index < -0.39 is 0 Å². The van der Waals surface area contributed by atoms with E-state index in [0.29, 0.717) is 5.41 Å². The van der Waals surface area contributed by atoms with Crippen LogP contribution in [0.5, 0.6) is 0 Å². The van der Waals surface area contributed by atoms with Gasteiger partial charge in [-0.25, -0.2) is 0 Å². The molecule has 0 aliphatic carbocycles. The third-order valence-corrected chi connectivity index (χ3v) is 1.18. The molecule has 82 valence electrons. The molecule has 1 heteroatoms. The fourth-order valence-corrected chi connectivity index (χ4v) is 0. The van der Waals surface area contributed by atoms with Crippen molar-refractivity contribution in [3.63, 3.8) is 0 Å². The summed E-state index contributed by atoms with van der Waals surface area (Å²) < 4.78 is 0.236. The Labute approximate surface area is 91.2 Å². The first kappa shape index (κ1) is 18.8. The standard InChI is InChI=1S/C5H12S.C5H12.C2H4/c1-4-5(2,3)6;1-5(2,3)4;1-2/h6H,4H2,1-3H3;1-4H3;1-2H2. The van der Waals surface area contributed by atoms with Gasteiger partial charge in [-0.2, -0.15) is 12.6 Å². The molecule has 0 atom stereocenters. The summed E-state index contributed by atoms with van der Waals surface area (Å²) in [5.74, 6) is 0. The molecule has 0 fully saturated rings. The van der Waals surface area contributed by atoms with Crippen LogP contribution in [0.3, 0.4) is 0 Å². The van der Waals surface area contributed by atoms with Gasteiger partial charge < -0.3 is 0 Å². The lowest BCUT2D eigenvalue weighted by Gasteiger charge is -2.11. The molecule has 0 heterocycles. The van der Waals surface area contributed by atoms with Gasteiger partial charge in [0.25, 0.3) is 0 Å². The molecule has 0 unspecified atom stereocenters. The van der Waals surface area contributed by atoms with E-state index in [2.05, 4.69) is 74.3 Å². The van der Waals surface area contributed by atoms with Crippen LogP contribution < -0.4 is 0 Å². The highest BCUT2D eigenvalue weighted by Crippen LogP contribution is 2.14. The van der Waals surface area contributed by atoms with Crippen LogP contribution in [0.15, 0.2) is 13.2 Å². The second-order valence-corrected chi connectivity index (χ2v) is 6.38. The summed E-state index contributed by atoms with van der Waals surface area (Å²) in [4.78, 5) is 0. The first-order valence-electron chi connectivity index (χ1n) is 4.78. The third-order valence-electron chi connectivity index (χ3n) is 0.865. The Morgan fingerprint density at radius 2 is 1.00 bits per heavy atom. The van der Waals surface area contributed by atoms with Gasteiger partial charge in [0.1, 0.15) is 0 Å². The summed E-state index contributed by atoms with van der Waals surface area (Å²) in [7, 11) is 0. The average molecular weight is 204 g/mol. The molecule has 0 aromatic carbocycles. The number of hydrogen-bond donors (Lipinski definition) is 1. The minimum atomic E-state index is 0.236. The van der Waals surface area contributed by atoms with E-state index in [0.717, 1.165) is 6.42 Å². The lowest BCUT2D eigenvalue weighted by molar-refractivity contribution is 0.469. The highest BCUT2D eigenvalue weighted by molar-refractivity contribution is 7.81. The van der Waals surface area contributed by atoms with Crippen LogP contribution in [0.4, 0.5) is 0 Å². The zero-order chi connectivity index (χ0) is 11.7. The lowest BCUT2D eigenvalue weighted by Crippen LogP contribution is -2.06. The van der Waals surface area contributed by atoms with Crippen LogP contribution in [0, 0.1) is 5.41 Å². The molecule has 0 bridgehead atoms. The average Bonchev–Trinajstić information content (AvgIpc) is 1.87. The second kappa shape index (κ2) is 8.68. The molecular formula is C12H28S. The highest BCUT2D eigenvalue weighted by Gasteiger charge is 2.04. The molecule has 0 amide bonds. The predicted octanol–water partition coefficient (Wildman–Crippen LogP) is 4.96. The number of hydrogen-bond acceptors (Lipinski definition) is 1. The SMILES string of the molecule is C=C.CC(C)(C)C.CCC(C)(C)S. The van der Waals surface area contributed by atoms with Crippen LogP contribution >= 0.6 is 12.6 Å². The Bertz CT molecular complexity index is 86.7. The van der Waals surface area contributed by atoms with Crippen molar-refractivity contribution in [2.75, 3.05) is 0 Å². The zero-order valence-corrected chi connectivity index (χ0v) is 11.5. The first-order chi connectivity index (χ1) is 5.56. The number of rotatable bonds is 1. The molecule has 0 radical (unpaired) electrons. The quantitative estimate of drug-likeness (QED) is 0.453. The Morgan fingerprint density at radius 3 is 1.00 bits per heavy atom. The molecule has 0 saturated heterocycles. The Morgan fingerprint density at radius 1 is 0.923 bits per heavy atom. The predicted molar refractivity (Wildman–Crippen MR) is 69.7 cm³/mol. The van der Waals surface area contributed by atoms with E-state index in [4.69, 9.17) is 0 Å². The van der Waals surface area contributed by atoms with Crippen LogP contribution in [0.25, 0.3) is 0 Å². The first-order valence-corrected chi connectivity index (χ1v) is 5.23. The molecule has 0 aromatic rings. The minimum absolute atomic E-state index is 0.236. The van der Waals surface area contributed by atoms with Gasteiger partial charge in [0.2, 0.25) is 0 Å². The van der Waals surface area contributed by atoms with Crippen molar-refractivity contribution in [3.8, 4) is 0 Å². The van der Waals surface area contributed by atoms with Gasteiger partial charge in [0, 0.05) is 4.75 Å². The van der Waals surface area contributed by atoms with E-state index in [1.807, 2.05) is 0 Å². The lowest BCUT2D eigenvalue weighted by atomic mass is 10.0. The van der Waals surface area contributed by atoms with E-state index >= 15 is 0 Å². The van der Waals surface area contributed by atoms with Crippen molar-refractivity contribution in [2.45, 2.75) is 59.6 Å². The largest absolute Gasteiger partial charge is 0.173 e. The Balaban J connectivity index is -0.000000131. The summed E-state index contributed by atoms with van der Waals surface area (Å²) in [5, 5.41) is 0. The molecule has 0 saturated carbocycles. The highest BCUT2D eigenvalue weighted by atomic mass is 32.1. The molecule has 0 aromatic heterocycles.